The molecular formula is C15H14N4O2S. The zero-order valence-electron chi connectivity index (χ0n) is 11.7. The first kappa shape index (κ1) is 14.3. The third-order valence-electron chi connectivity index (χ3n) is 2.96. The summed E-state index contributed by atoms with van der Waals surface area (Å²) in [4.78, 5) is 15.9. The number of hydrogen-bond donors (Lipinski definition) is 2. The SMILES string of the molecule is O=C(NCCc1cscn1)Nc1cc(-c2ccccc2)on1. The molecule has 0 atom stereocenters. The van der Waals surface area contributed by atoms with E-state index in [9.17, 15) is 4.79 Å². The third-order valence-corrected chi connectivity index (χ3v) is 3.60. The topological polar surface area (TPSA) is 80.0 Å². The van der Waals surface area contributed by atoms with Gasteiger partial charge in [-0.1, -0.05) is 35.5 Å². The highest BCUT2D eigenvalue weighted by atomic mass is 32.1. The minimum absolute atomic E-state index is 0.317. The van der Waals surface area contributed by atoms with E-state index in [4.69, 9.17) is 4.52 Å². The molecule has 0 aliphatic carbocycles. The molecule has 0 bridgehead atoms. The van der Waals surface area contributed by atoms with E-state index in [0.29, 0.717) is 24.5 Å². The zero-order valence-corrected chi connectivity index (χ0v) is 12.5. The molecule has 0 saturated carbocycles. The Bertz CT molecular complexity index is 725. The maximum Gasteiger partial charge on any atom is 0.320 e. The number of carbonyl (C=O) groups excluding carboxylic acids is 1. The van der Waals surface area contributed by atoms with Crippen LogP contribution in [0.1, 0.15) is 5.69 Å². The lowest BCUT2D eigenvalue weighted by Gasteiger charge is -2.03. The molecule has 7 heteroatoms. The van der Waals surface area contributed by atoms with Crippen molar-refractivity contribution in [1.29, 1.82) is 0 Å². The van der Waals surface area contributed by atoms with Crippen LogP contribution in [0.3, 0.4) is 0 Å². The van der Waals surface area contributed by atoms with E-state index in [1.54, 1.807) is 11.6 Å². The molecule has 0 aliphatic rings. The molecule has 112 valence electrons. The quantitative estimate of drug-likeness (QED) is 0.758. The first-order valence-electron chi connectivity index (χ1n) is 6.75. The van der Waals surface area contributed by atoms with Crippen LogP contribution in [-0.4, -0.2) is 22.7 Å². The molecule has 22 heavy (non-hydrogen) atoms. The predicted octanol–water partition coefficient (Wildman–Crippen LogP) is 3.16. The first-order chi connectivity index (χ1) is 10.8. The molecule has 0 radical (unpaired) electrons. The van der Waals surface area contributed by atoms with Crippen molar-refractivity contribution in [1.82, 2.24) is 15.5 Å². The summed E-state index contributed by atoms with van der Waals surface area (Å²) in [5, 5.41) is 11.2. The van der Waals surface area contributed by atoms with Gasteiger partial charge in [0.15, 0.2) is 11.6 Å². The Kier molecular flexibility index (Phi) is 4.45. The Morgan fingerprint density at radius 2 is 2.14 bits per heavy atom. The zero-order chi connectivity index (χ0) is 15.2. The molecule has 2 aromatic heterocycles. The number of aromatic nitrogens is 2. The second kappa shape index (κ2) is 6.86. The largest absolute Gasteiger partial charge is 0.354 e. The van der Waals surface area contributed by atoms with Gasteiger partial charge in [0, 0.05) is 30.0 Å². The third kappa shape index (κ3) is 3.70. The predicted molar refractivity (Wildman–Crippen MR) is 84.8 cm³/mol. The van der Waals surface area contributed by atoms with E-state index in [2.05, 4.69) is 20.8 Å². The maximum absolute atomic E-state index is 11.8. The van der Waals surface area contributed by atoms with Crippen molar-refractivity contribution in [2.45, 2.75) is 6.42 Å². The number of rotatable bonds is 5. The molecule has 6 nitrogen and oxygen atoms in total. The van der Waals surface area contributed by atoms with Gasteiger partial charge in [-0.15, -0.1) is 11.3 Å². The smallest absolute Gasteiger partial charge is 0.320 e. The maximum atomic E-state index is 11.8. The fraction of sp³-hybridized carbons (Fsp3) is 0.133. The van der Waals surface area contributed by atoms with Crippen molar-refractivity contribution >= 4 is 23.2 Å². The molecule has 0 spiro atoms. The number of urea groups is 1. The second-order valence-electron chi connectivity index (χ2n) is 4.55. The molecule has 3 rings (SSSR count). The molecule has 3 aromatic rings. The number of nitrogens with zero attached hydrogens (tertiary/aromatic N) is 2. The van der Waals surface area contributed by atoms with Gasteiger partial charge in [0.1, 0.15) is 0 Å². The van der Waals surface area contributed by atoms with Gasteiger partial charge in [0.05, 0.1) is 11.2 Å². The summed E-state index contributed by atoms with van der Waals surface area (Å²) in [6.45, 7) is 0.513. The highest BCUT2D eigenvalue weighted by molar-refractivity contribution is 7.07. The number of carbonyl (C=O) groups is 1. The highest BCUT2D eigenvalue weighted by Crippen LogP contribution is 2.21. The monoisotopic (exact) mass is 314 g/mol. The minimum Gasteiger partial charge on any atom is -0.354 e. The van der Waals surface area contributed by atoms with Crippen LogP contribution in [0.2, 0.25) is 0 Å². The van der Waals surface area contributed by atoms with Gasteiger partial charge in [-0.25, -0.2) is 9.78 Å². The number of nitrogens with one attached hydrogen (secondary N) is 2. The lowest BCUT2D eigenvalue weighted by molar-refractivity contribution is 0.252. The fourth-order valence-electron chi connectivity index (χ4n) is 1.90. The summed E-state index contributed by atoms with van der Waals surface area (Å²) in [7, 11) is 0. The van der Waals surface area contributed by atoms with Gasteiger partial charge in [-0.3, -0.25) is 5.32 Å². The van der Waals surface area contributed by atoms with Gasteiger partial charge >= 0.3 is 6.03 Å². The minimum atomic E-state index is -0.317. The Labute approximate surface area is 131 Å². The number of hydrogen-bond acceptors (Lipinski definition) is 5. The summed E-state index contributed by atoms with van der Waals surface area (Å²) in [5.41, 5.74) is 3.65. The number of anilines is 1. The first-order valence-corrected chi connectivity index (χ1v) is 7.69. The molecule has 2 amide bonds. The van der Waals surface area contributed by atoms with Gasteiger partial charge in [0.25, 0.3) is 0 Å². The Morgan fingerprint density at radius 1 is 1.27 bits per heavy atom. The van der Waals surface area contributed by atoms with Crippen molar-refractivity contribution in [3.63, 3.8) is 0 Å². The van der Waals surface area contributed by atoms with E-state index in [0.717, 1.165) is 11.3 Å². The van der Waals surface area contributed by atoms with Gasteiger partial charge in [0.2, 0.25) is 0 Å². The van der Waals surface area contributed by atoms with E-state index in [1.807, 2.05) is 35.7 Å². The van der Waals surface area contributed by atoms with Crippen LogP contribution < -0.4 is 10.6 Å². The van der Waals surface area contributed by atoms with Crippen molar-refractivity contribution in [2.24, 2.45) is 0 Å². The molecule has 2 heterocycles. The molecule has 0 fully saturated rings. The van der Waals surface area contributed by atoms with E-state index < -0.39 is 0 Å². The summed E-state index contributed by atoms with van der Waals surface area (Å²) in [5.74, 6) is 0.989. The van der Waals surface area contributed by atoms with E-state index in [1.165, 1.54) is 11.3 Å². The van der Waals surface area contributed by atoms with Crippen molar-refractivity contribution in [3.05, 3.63) is 53.0 Å². The van der Waals surface area contributed by atoms with Crippen LogP contribution in [0.5, 0.6) is 0 Å². The molecule has 0 saturated heterocycles. The Morgan fingerprint density at radius 3 is 2.91 bits per heavy atom. The molecular weight excluding hydrogens is 300 g/mol. The lowest BCUT2D eigenvalue weighted by atomic mass is 10.2. The molecule has 0 aliphatic heterocycles. The fourth-order valence-corrected chi connectivity index (χ4v) is 2.49. The molecule has 2 N–H and O–H groups in total. The summed E-state index contributed by atoms with van der Waals surface area (Å²) < 4.78 is 5.21. The summed E-state index contributed by atoms with van der Waals surface area (Å²) in [6.07, 6.45) is 0.699. The number of amides is 2. The van der Waals surface area contributed by atoms with Crippen molar-refractivity contribution in [3.8, 4) is 11.3 Å². The standard InChI is InChI=1S/C15H14N4O2S/c20-15(16-7-6-12-9-22-10-17-12)18-14-8-13(21-19-14)11-4-2-1-3-5-11/h1-5,8-10H,6-7H2,(H2,16,18,19,20). The van der Waals surface area contributed by atoms with Gasteiger partial charge < -0.3 is 9.84 Å². The van der Waals surface area contributed by atoms with E-state index >= 15 is 0 Å². The summed E-state index contributed by atoms with van der Waals surface area (Å²) >= 11 is 1.54. The normalized spacial score (nSPS) is 10.4. The highest BCUT2D eigenvalue weighted by Gasteiger charge is 2.09. The van der Waals surface area contributed by atoms with Crippen LogP contribution in [0.15, 0.2) is 51.8 Å². The van der Waals surface area contributed by atoms with Crippen LogP contribution in [0, 0.1) is 0 Å². The van der Waals surface area contributed by atoms with Crippen LogP contribution in [0.25, 0.3) is 11.3 Å². The van der Waals surface area contributed by atoms with E-state index in [-0.39, 0.29) is 6.03 Å². The number of thiazole rings is 1. The van der Waals surface area contributed by atoms with Crippen molar-refractivity contribution in [2.75, 3.05) is 11.9 Å². The van der Waals surface area contributed by atoms with Gasteiger partial charge in [-0.2, -0.15) is 0 Å². The average molecular weight is 314 g/mol. The van der Waals surface area contributed by atoms with Crippen LogP contribution in [-0.2, 0) is 6.42 Å². The Hall–Kier alpha value is -2.67. The molecule has 1 aromatic carbocycles. The molecule has 0 unspecified atom stereocenters. The van der Waals surface area contributed by atoms with Crippen molar-refractivity contribution < 1.29 is 9.32 Å². The van der Waals surface area contributed by atoms with Gasteiger partial charge in [-0.05, 0) is 0 Å². The second-order valence-corrected chi connectivity index (χ2v) is 5.27. The van der Waals surface area contributed by atoms with Crippen LogP contribution >= 0.6 is 11.3 Å². The van der Waals surface area contributed by atoms with Crippen LogP contribution in [0.4, 0.5) is 10.6 Å². The lowest BCUT2D eigenvalue weighted by Crippen LogP contribution is -2.30. The number of benzene rings is 1. The Balaban J connectivity index is 1.50. The average Bonchev–Trinajstić information content (AvgIpc) is 3.20. The summed E-state index contributed by atoms with van der Waals surface area (Å²) in [6, 6.07) is 11.0.